The van der Waals surface area contributed by atoms with Gasteiger partial charge in [-0.2, -0.15) is 0 Å². The molecule has 0 N–H and O–H groups in total. The van der Waals surface area contributed by atoms with Gasteiger partial charge in [-0.1, -0.05) is 11.2 Å². The molecule has 1 heterocycles. The van der Waals surface area contributed by atoms with Crippen molar-refractivity contribution in [3.63, 3.8) is 0 Å². The van der Waals surface area contributed by atoms with Gasteiger partial charge in [0.1, 0.15) is 17.4 Å². The average molecular weight is 267 g/mol. The first-order chi connectivity index (χ1) is 9.08. The molecule has 0 saturated carbocycles. The van der Waals surface area contributed by atoms with Crippen LogP contribution in [0.1, 0.15) is 22.6 Å². The van der Waals surface area contributed by atoms with Gasteiger partial charge < -0.3 is 9.26 Å². The molecule has 0 bridgehead atoms. The molecular weight excluding hydrogens is 252 g/mol. The summed E-state index contributed by atoms with van der Waals surface area (Å²) in [7, 11) is 0. The molecule has 5 heteroatoms. The van der Waals surface area contributed by atoms with Gasteiger partial charge in [0.15, 0.2) is 0 Å². The molecule has 0 fully saturated rings. The zero-order valence-electron chi connectivity index (χ0n) is 10.9. The zero-order chi connectivity index (χ0) is 13.8. The Balaban J connectivity index is 1.84. The minimum Gasteiger partial charge on any atom is -0.376 e. The monoisotopic (exact) mass is 267 g/mol. The van der Waals surface area contributed by atoms with E-state index in [4.69, 9.17) is 9.26 Å². The summed E-state index contributed by atoms with van der Waals surface area (Å²) in [6.07, 6.45) is 0.572. The van der Waals surface area contributed by atoms with E-state index < -0.39 is 11.6 Å². The Morgan fingerprint density at radius 2 is 2.05 bits per heavy atom. The van der Waals surface area contributed by atoms with Crippen LogP contribution in [0.5, 0.6) is 0 Å². The van der Waals surface area contributed by atoms with Crippen LogP contribution < -0.4 is 0 Å². The zero-order valence-corrected chi connectivity index (χ0v) is 10.9. The Morgan fingerprint density at radius 3 is 2.74 bits per heavy atom. The number of nitrogens with zero attached hydrogens (tertiary/aromatic N) is 1. The van der Waals surface area contributed by atoms with Gasteiger partial charge >= 0.3 is 0 Å². The molecule has 0 aliphatic heterocycles. The van der Waals surface area contributed by atoms with Crippen LogP contribution >= 0.6 is 0 Å². The second kappa shape index (κ2) is 5.93. The van der Waals surface area contributed by atoms with Gasteiger partial charge in [-0.15, -0.1) is 0 Å². The largest absolute Gasteiger partial charge is 0.376 e. The third-order valence-electron chi connectivity index (χ3n) is 2.83. The fourth-order valence-corrected chi connectivity index (χ4v) is 1.72. The standard InChI is InChI=1S/C14H15F2NO2/c1-9-7-12(19-17-9)5-6-18-8-11-3-4-13(15)10(2)14(11)16/h3-4,7H,5-6,8H2,1-2H3. The van der Waals surface area contributed by atoms with Crippen molar-refractivity contribution in [2.24, 2.45) is 0 Å². The molecule has 0 amide bonds. The highest BCUT2D eigenvalue weighted by Crippen LogP contribution is 2.16. The second-order valence-corrected chi connectivity index (χ2v) is 4.38. The topological polar surface area (TPSA) is 35.3 Å². The van der Waals surface area contributed by atoms with Crippen LogP contribution in [0.3, 0.4) is 0 Å². The van der Waals surface area contributed by atoms with E-state index in [1.807, 2.05) is 13.0 Å². The van der Waals surface area contributed by atoms with E-state index >= 15 is 0 Å². The van der Waals surface area contributed by atoms with Gasteiger partial charge in [0.2, 0.25) is 0 Å². The predicted molar refractivity (Wildman–Crippen MR) is 65.7 cm³/mol. The average Bonchev–Trinajstić information content (AvgIpc) is 2.80. The van der Waals surface area contributed by atoms with Crippen molar-refractivity contribution >= 4 is 0 Å². The highest BCUT2D eigenvalue weighted by Gasteiger charge is 2.09. The summed E-state index contributed by atoms with van der Waals surface area (Å²) in [4.78, 5) is 0. The number of ether oxygens (including phenoxy) is 1. The summed E-state index contributed by atoms with van der Waals surface area (Å²) >= 11 is 0. The van der Waals surface area contributed by atoms with E-state index in [0.717, 1.165) is 11.5 Å². The first kappa shape index (κ1) is 13.7. The number of benzene rings is 1. The van der Waals surface area contributed by atoms with Crippen LogP contribution in [0.4, 0.5) is 8.78 Å². The van der Waals surface area contributed by atoms with Crippen molar-refractivity contribution in [1.82, 2.24) is 5.16 Å². The molecule has 0 aliphatic rings. The first-order valence-corrected chi connectivity index (χ1v) is 6.01. The number of aryl methyl sites for hydroxylation is 1. The lowest BCUT2D eigenvalue weighted by atomic mass is 10.1. The number of hydrogen-bond acceptors (Lipinski definition) is 3. The smallest absolute Gasteiger partial charge is 0.139 e. The maximum atomic E-state index is 13.7. The summed E-state index contributed by atoms with van der Waals surface area (Å²) in [5, 5.41) is 3.76. The lowest BCUT2D eigenvalue weighted by molar-refractivity contribution is 0.116. The van der Waals surface area contributed by atoms with Gasteiger partial charge in [-0.25, -0.2) is 8.78 Å². The Kier molecular flexibility index (Phi) is 4.27. The molecule has 3 nitrogen and oxygen atoms in total. The normalized spacial score (nSPS) is 10.9. The fourth-order valence-electron chi connectivity index (χ4n) is 1.72. The molecule has 0 saturated heterocycles. The maximum absolute atomic E-state index is 13.7. The Labute approximate surface area is 110 Å². The lowest BCUT2D eigenvalue weighted by Gasteiger charge is -2.07. The van der Waals surface area contributed by atoms with E-state index in [2.05, 4.69) is 5.16 Å². The molecule has 0 aliphatic carbocycles. The number of rotatable bonds is 5. The minimum atomic E-state index is -0.546. The van der Waals surface area contributed by atoms with Crippen LogP contribution in [-0.2, 0) is 17.8 Å². The molecule has 0 atom stereocenters. The highest BCUT2D eigenvalue weighted by molar-refractivity contribution is 5.25. The van der Waals surface area contributed by atoms with Crippen molar-refractivity contribution < 1.29 is 18.0 Å². The molecule has 19 heavy (non-hydrogen) atoms. The van der Waals surface area contributed by atoms with E-state index in [-0.39, 0.29) is 12.2 Å². The molecule has 0 radical (unpaired) electrons. The predicted octanol–water partition coefficient (Wildman–Crippen LogP) is 3.33. The van der Waals surface area contributed by atoms with E-state index in [0.29, 0.717) is 18.6 Å². The van der Waals surface area contributed by atoms with Crippen molar-refractivity contribution in [2.45, 2.75) is 26.9 Å². The van der Waals surface area contributed by atoms with Crippen LogP contribution in [-0.4, -0.2) is 11.8 Å². The van der Waals surface area contributed by atoms with Crippen LogP contribution in [0.15, 0.2) is 22.7 Å². The summed E-state index contributed by atoms with van der Waals surface area (Å²) in [6, 6.07) is 4.47. The minimum absolute atomic E-state index is 0.0203. The molecule has 2 aromatic rings. The second-order valence-electron chi connectivity index (χ2n) is 4.38. The Morgan fingerprint density at radius 1 is 1.26 bits per heavy atom. The molecule has 0 unspecified atom stereocenters. The molecule has 1 aromatic heterocycles. The van der Waals surface area contributed by atoms with E-state index in [1.165, 1.54) is 19.1 Å². The maximum Gasteiger partial charge on any atom is 0.139 e. The highest BCUT2D eigenvalue weighted by atomic mass is 19.1. The third-order valence-corrected chi connectivity index (χ3v) is 2.83. The summed E-state index contributed by atoms with van der Waals surface area (Å²) in [5.74, 6) is -0.359. The fraction of sp³-hybridized carbons (Fsp3) is 0.357. The third kappa shape index (κ3) is 3.38. The van der Waals surface area contributed by atoms with Crippen molar-refractivity contribution in [1.29, 1.82) is 0 Å². The lowest BCUT2D eigenvalue weighted by Crippen LogP contribution is -2.02. The van der Waals surface area contributed by atoms with Crippen LogP contribution in [0.25, 0.3) is 0 Å². The molecular formula is C14H15F2NO2. The quantitative estimate of drug-likeness (QED) is 0.779. The van der Waals surface area contributed by atoms with Crippen molar-refractivity contribution in [2.75, 3.05) is 6.61 Å². The van der Waals surface area contributed by atoms with Crippen LogP contribution in [0.2, 0.25) is 0 Å². The van der Waals surface area contributed by atoms with Crippen molar-refractivity contribution in [3.8, 4) is 0 Å². The molecule has 0 spiro atoms. The van der Waals surface area contributed by atoms with E-state index in [9.17, 15) is 8.78 Å². The van der Waals surface area contributed by atoms with Crippen LogP contribution in [0, 0.1) is 25.5 Å². The summed E-state index contributed by atoms with van der Waals surface area (Å²) in [6.45, 7) is 3.75. The van der Waals surface area contributed by atoms with Crippen molar-refractivity contribution in [3.05, 3.63) is 52.4 Å². The van der Waals surface area contributed by atoms with Gasteiger partial charge in [-0.05, 0) is 19.9 Å². The Hall–Kier alpha value is -1.75. The van der Waals surface area contributed by atoms with Gasteiger partial charge in [0.25, 0.3) is 0 Å². The molecule has 2 rings (SSSR count). The molecule has 1 aromatic carbocycles. The molecule has 102 valence electrons. The number of aromatic nitrogens is 1. The number of halogens is 2. The summed E-state index contributed by atoms with van der Waals surface area (Å²) in [5.41, 5.74) is 1.19. The van der Waals surface area contributed by atoms with Gasteiger partial charge in [0, 0.05) is 23.6 Å². The van der Waals surface area contributed by atoms with Gasteiger partial charge in [0.05, 0.1) is 18.9 Å². The SMILES string of the molecule is Cc1cc(CCOCc2ccc(F)c(C)c2F)on1. The Bertz CT molecular complexity index is 567. The first-order valence-electron chi connectivity index (χ1n) is 6.01. The van der Waals surface area contributed by atoms with E-state index in [1.54, 1.807) is 0 Å². The number of hydrogen-bond donors (Lipinski definition) is 0. The van der Waals surface area contributed by atoms with Gasteiger partial charge in [-0.3, -0.25) is 0 Å². The summed E-state index contributed by atoms with van der Waals surface area (Å²) < 4.78 is 37.1.